The summed E-state index contributed by atoms with van der Waals surface area (Å²) in [7, 11) is -2.11. The third-order valence-electron chi connectivity index (χ3n) is 2.59. The van der Waals surface area contributed by atoms with Crippen LogP contribution in [0.1, 0.15) is 5.56 Å². The van der Waals surface area contributed by atoms with Crippen molar-refractivity contribution in [3.63, 3.8) is 0 Å². The van der Waals surface area contributed by atoms with Crippen molar-refractivity contribution in [2.24, 2.45) is 7.05 Å². The molecule has 0 saturated heterocycles. The van der Waals surface area contributed by atoms with Gasteiger partial charge in [-0.15, -0.1) is 0 Å². The fourth-order valence-electron chi connectivity index (χ4n) is 1.64. The summed E-state index contributed by atoms with van der Waals surface area (Å²) in [6, 6.07) is 6.63. The van der Waals surface area contributed by atoms with Crippen molar-refractivity contribution in [3.8, 4) is 0 Å². The predicted molar refractivity (Wildman–Crippen MR) is 69.6 cm³/mol. The Labute approximate surface area is 105 Å². The van der Waals surface area contributed by atoms with E-state index in [1.807, 2.05) is 0 Å². The van der Waals surface area contributed by atoms with Gasteiger partial charge in [-0.3, -0.25) is 9.40 Å². The van der Waals surface area contributed by atoms with E-state index in [9.17, 15) is 8.42 Å². The zero-order valence-corrected chi connectivity index (χ0v) is 10.9. The molecule has 1 aromatic carbocycles. The molecule has 0 unspecified atom stereocenters. The Balaban J connectivity index is 2.44. The number of rotatable bonds is 3. The van der Waals surface area contributed by atoms with Crippen LogP contribution in [0.3, 0.4) is 0 Å². The van der Waals surface area contributed by atoms with Crippen LogP contribution in [0.15, 0.2) is 35.5 Å². The summed E-state index contributed by atoms with van der Waals surface area (Å²) in [5, 5.41) is 3.92. The number of nitrogens with two attached hydrogens (primary N) is 1. The molecule has 0 bridgehead atoms. The van der Waals surface area contributed by atoms with E-state index in [0.29, 0.717) is 11.4 Å². The number of para-hydroxylation sites is 1. The second kappa shape index (κ2) is 4.34. The van der Waals surface area contributed by atoms with Crippen molar-refractivity contribution in [2.75, 3.05) is 10.5 Å². The minimum Gasteiger partial charge on any atom is -0.397 e. The molecular formula is C11H14N4O2S. The fraction of sp³-hybridized carbons (Fsp3) is 0.182. The van der Waals surface area contributed by atoms with E-state index in [0.717, 1.165) is 5.56 Å². The molecule has 18 heavy (non-hydrogen) atoms. The van der Waals surface area contributed by atoms with Gasteiger partial charge in [0.05, 0.1) is 17.6 Å². The lowest BCUT2D eigenvalue weighted by Crippen LogP contribution is -2.18. The van der Waals surface area contributed by atoms with Crippen LogP contribution in [0.25, 0.3) is 0 Å². The van der Waals surface area contributed by atoms with Gasteiger partial charge in [-0.2, -0.15) is 13.5 Å². The highest BCUT2D eigenvalue weighted by Crippen LogP contribution is 2.25. The maximum atomic E-state index is 12.2. The van der Waals surface area contributed by atoms with Crippen LogP contribution in [0, 0.1) is 6.92 Å². The van der Waals surface area contributed by atoms with Crippen molar-refractivity contribution in [3.05, 3.63) is 36.0 Å². The summed E-state index contributed by atoms with van der Waals surface area (Å²) in [5.74, 6) is 0. The lowest BCUT2D eigenvalue weighted by molar-refractivity contribution is 0.582. The Kier molecular flexibility index (Phi) is 3.00. The second-order valence-electron chi connectivity index (χ2n) is 3.94. The Morgan fingerprint density at radius 3 is 2.61 bits per heavy atom. The van der Waals surface area contributed by atoms with Crippen LogP contribution in [-0.4, -0.2) is 18.2 Å². The standard InChI is InChI=1S/C11H14N4O2S/c1-8-4-3-5-9(12)11(8)14-18(16,17)10-6-7-13-15(10)2/h3-7,14H,12H2,1-2H3. The van der Waals surface area contributed by atoms with Crippen molar-refractivity contribution < 1.29 is 8.42 Å². The average molecular weight is 266 g/mol. The summed E-state index contributed by atoms with van der Waals surface area (Å²) in [6.07, 6.45) is 1.43. The van der Waals surface area contributed by atoms with Gasteiger partial charge in [0.2, 0.25) is 0 Å². The molecule has 0 spiro atoms. The monoisotopic (exact) mass is 266 g/mol. The molecule has 0 aliphatic heterocycles. The predicted octanol–water partition coefficient (Wildman–Crippen LogP) is 1.11. The van der Waals surface area contributed by atoms with Gasteiger partial charge in [0, 0.05) is 7.05 Å². The lowest BCUT2D eigenvalue weighted by Gasteiger charge is -2.12. The first-order valence-electron chi connectivity index (χ1n) is 5.28. The van der Waals surface area contributed by atoms with Crippen LogP contribution >= 0.6 is 0 Å². The number of nitrogen functional groups attached to an aromatic ring is 1. The average Bonchev–Trinajstić information content (AvgIpc) is 2.71. The number of benzene rings is 1. The zero-order valence-electron chi connectivity index (χ0n) is 10.1. The van der Waals surface area contributed by atoms with E-state index in [1.165, 1.54) is 16.9 Å². The van der Waals surface area contributed by atoms with Crippen LogP contribution in [-0.2, 0) is 17.1 Å². The van der Waals surface area contributed by atoms with Gasteiger partial charge in [-0.25, -0.2) is 0 Å². The normalized spacial score (nSPS) is 11.4. The molecule has 2 rings (SSSR count). The van der Waals surface area contributed by atoms with Crippen molar-refractivity contribution in [2.45, 2.75) is 11.9 Å². The Morgan fingerprint density at radius 2 is 2.06 bits per heavy atom. The first kappa shape index (κ1) is 12.4. The number of nitrogens with zero attached hydrogens (tertiary/aromatic N) is 2. The van der Waals surface area contributed by atoms with Gasteiger partial charge < -0.3 is 5.73 Å². The van der Waals surface area contributed by atoms with Gasteiger partial charge in [-0.05, 0) is 24.6 Å². The van der Waals surface area contributed by atoms with Gasteiger partial charge >= 0.3 is 0 Å². The molecule has 6 nitrogen and oxygen atoms in total. The third kappa shape index (κ3) is 2.17. The van der Waals surface area contributed by atoms with Crippen LogP contribution in [0.2, 0.25) is 0 Å². The fourth-order valence-corrected chi connectivity index (χ4v) is 2.93. The topological polar surface area (TPSA) is 90.0 Å². The van der Waals surface area contributed by atoms with Crippen LogP contribution in [0.5, 0.6) is 0 Å². The van der Waals surface area contributed by atoms with Crippen LogP contribution in [0.4, 0.5) is 11.4 Å². The lowest BCUT2D eigenvalue weighted by atomic mass is 10.2. The van der Waals surface area contributed by atoms with E-state index in [-0.39, 0.29) is 5.03 Å². The zero-order chi connectivity index (χ0) is 13.3. The van der Waals surface area contributed by atoms with E-state index < -0.39 is 10.0 Å². The van der Waals surface area contributed by atoms with E-state index in [2.05, 4.69) is 9.82 Å². The number of aromatic nitrogens is 2. The minimum atomic E-state index is -3.68. The maximum Gasteiger partial charge on any atom is 0.279 e. The molecule has 2 aromatic rings. The number of nitrogens with one attached hydrogen (secondary N) is 1. The number of hydrogen-bond acceptors (Lipinski definition) is 4. The summed E-state index contributed by atoms with van der Waals surface area (Å²) >= 11 is 0. The molecular weight excluding hydrogens is 252 g/mol. The second-order valence-corrected chi connectivity index (χ2v) is 5.57. The Hall–Kier alpha value is -2.02. The van der Waals surface area contributed by atoms with Crippen molar-refractivity contribution in [1.29, 1.82) is 0 Å². The molecule has 0 aliphatic carbocycles. The molecule has 1 aromatic heterocycles. The molecule has 0 aliphatic rings. The minimum absolute atomic E-state index is 0.0881. The highest BCUT2D eigenvalue weighted by molar-refractivity contribution is 7.92. The number of sulfonamides is 1. The third-order valence-corrected chi connectivity index (χ3v) is 4.02. The quantitative estimate of drug-likeness (QED) is 0.814. The molecule has 0 saturated carbocycles. The molecule has 0 atom stereocenters. The SMILES string of the molecule is Cc1cccc(N)c1NS(=O)(=O)c1ccnn1C. The summed E-state index contributed by atoms with van der Waals surface area (Å²) in [6.45, 7) is 1.79. The highest BCUT2D eigenvalue weighted by atomic mass is 32.2. The molecule has 0 radical (unpaired) electrons. The summed E-state index contributed by atoms with van der Waals surface area (Å²) in [4.78, 5) is 0. The summed E-state index contributed by atoms with van der Waals surface area (Å²) < 4.78 is 28.1. The van der Waals surface area contributed by atoms with Crippen LogP contribution < -0.4 is 10.5 Å². The molecule has 96 valence electrons. The highest BCUT2D eigenvalue weighted by Gasteiger charge is 2.19. The molecule has 0 amide bonds. The van der Waals surface area contributed by atoms with E-state index in [4.69, 9.17) is 5.73 Å². The molecule has 3 N–H and O–H groups in total. The number of aryl methyl sites for hydroxylation is 2. The maximum absolute atomic E-state index is 12.2. The number of hydrogen-bond donors (Lipinski definition) is 2. The first-order chi connectivity index (χ1) is 8.42. The van der Waals surface area contributed by atoms with Gasteiger partial charge in [0.1, 0.15) is 0 Å². The Bertz CT molecular complexity index is 656. The van der Waals surface area contributed by atoms with Crippen molar-refractivity contribution >= 4 is 21.4 Å². The van der Waals surface area contributed by atoms with Gasteiger partial charge in [-0.1, -0.05) is 12.1 Å². The van der Waals surface area contributed by atoms with E-state index in [1.54, 1.807) is 32.2 Å². The summed E-state index contributed by atoms with van der Waals surface area (Å²) in [5.41, 5.74) is 7.33. The van der Waals surface area contributed by atoms with Gasteiger partial charge in [0.25, 0.3) is 10.0 Å². The van der Waals surface area contributed by atoms with Gasteiger partial charge in [0.15, 0.2) is 5.03 Å². The van der Waals surface area contributed by atoms with Crippen molar-refractivity contribution in [1.82, 2.24) is 9.78 Å². The Morgan fingerprint density at radius 1 is 1.33 bits per heavy atom. The smallest absolute Gasteiger partial charge is 0.279 e. The first-order valence-corrected chi connectivity index (χ1v) is 6.76. The molecule has 7 heteroatoms. The molecule has 1 heterocycles. The van der Waals surface area contributed by atoms with E-state index >= 15 is 0 Å². The largest absolute Gasteiger partial charge is 0.397 e. The molecule has 0 fully saturated rings. The number of anilines is 2.